The first-order valence-electron chi connectivity index (χ1n) is 4.99. The van der Waals surface area contributed by atoms with E-state index in [9.17, 15) is 0 Å². The van der Waals surface area contributed by atoms with Gasteiger partial charge in [0.05, 0.1) is 11.4 Å². The van der Waals surface area contributed by atoms with Gasteiger partial charge in [-0.25, -0.2) is 4.98 Å². The fraction of sp³-hybridized carbons (Fsp3) is 0.273. The van der Waals surface area contributed by atoms with Gasteiger partial charge in [0, 0.05) is 15.5 Å². The minimum Gasteiger partial charge on any atom is -0.330 e. The number of aryl methyl sites for hydroxylation is 1. The van der Waals surface area contributed by atoms with E-state index < -0.39 is 0 Å². The first-order valence-corrected chi connectivity index (χ1v) is 6.60. The van der Waals surface area contributed by atoms with Gasteiger partial charge in [-0.3, -0.25) is 4.98 Å². The number of pyridine rings is 1. The molecule has 0 fully saturated rings. The highest BCUT2D eigenvalue weighted by Gasteiger charge is 2.09. The van der Waals surface area contributed by atoms with Crippen molar-refractivity contribution >= 4 is 27.3 Å². The van der Waals surface area contributed by atoms with Crippen LogP contribution in [-0.4, -0.2) is 16.5 Å². The molecule has 0 amide bonds. The zero-order valence-electron chi connectivity index (χ0n) is 8.90. The second-order valence-electron chi connectivity index (χ2n) is 3.43. The van der Waals surface area contributed by atoms with Crippen LogP contribution in [-0.2, 0) is 6.42 Å². The fourth-order valence-electron chi connectivity index (χ4n) is 1.40. The molecule has 2 aromatic rings. The van der Waals surface area contributed by atoms with Gasteiger partial charge in [-0.1, -0.05) is 0 Å². The van der Waals surface area contributed by atoms with Crippen molar-refractivity contribution in [3.63, 3.8) is 0 Å². The largest absolute Gasteiger partial charge is 0.330 e. The Balaban J connectivity index is 2.33. The van der Waals surface area contributed by atoms with Crippen molar-refractivity contribution in [1.29, 1.82) is 0 Å². The van der Waals surface area contributed by atoms with Crippen LogP contribution in [0.3, 0.4) is 0 Å². The summed E-state index contributed by atoms with van der Waals surface area (Å²) in [5.74, 6) is 0. The molecule has 0 atom stereocenters. The lowest BCUT2D eigenvalue weighted by Gasteiger charge is -1.94. The van der Waals surface area contributed by atoms with Gasteiger partial charge in [0.25, 0.3) is 0 Å². The zero-order chi connectivity index (χ0) is 11.5. The van der Waals surface area contributed by atoms with Crippen molar-refractivity contribution < 1.29 is 0 Å². The van der Waals surface area contributed by atoms with Crippen molar-refractivity contribution in [1.82, 2.24) is 9.97 Å². The van der Waals surface area contributed by atoms with Crippen LogP contribution in [0, 0.1) is 6.92 Å². The molecule has 2 rings (SSSR count). The molecule has 84 valence electrons. The van der Waals surface area contributed by atoms with Crippen LogP contribution in [0.5, 0.6) is 0 Å². The van der Waals surface area contributed by atoms with Gasteiger partial charge >= 0.3 is 0 Å². The second kappa shape index (κ2) is 5.03. The molecule has 0 aliphatic rings. The average molecular weight is 298 g/mol. The van der Waals surface area contributed by atoms with Gasteiger partial charge < -0.3 is 5.73 Å². The third-order valence-corrected chi connectivity index (χ3v) is 3.92. The van der Waals surface area contributed by atoms with Gasteiger partial charge in [0.1, 0.15) is 5.01 Å². The first kappa shape index (κ1) is 11.7. The highest BCUT2D eigenvalue weighted by Crippen LogP contribution is 2.27. The molecule has 16 heavy (non-hydrogen) atoms. The Kier molecular flexibility index (Phi) is 3.68. The van der Waals surface area contributed by atoms with Gasteiger partial charge in [-0.05, 0) is 48.0 Å². The third-order valence-electron chi connectivity index (χ3n) is 2.21. The molecule has 0 saturated heterocycles. The minimum atomic E-state index is 0.663. The van der Waals surface area contributed by atoms with Crippen LogP contribution in [0.4, 0.5) is 0 Å². The van der Waals surface area contributed by atoms with E-state index in [-0.39, 0.29) is 0 Å². The lowest BCUT2D eigenvalue weighted by atomic mass is 10.3. The molecular formula is C11H12BrN3S. The van der Waals surface area contributed by atoms with Gasteiger partial charge in [0.15, 0.2) is 0 Å². The third kappa shape index (κ3) is 2.48. The molecule has 0 aliphatic heterocycles. The van der Waals surface area contributed by atoms with Gasteiger partial charge in [-0.2, -0.15) is 0 Å². The number of thiazole rings is 1. The van der Waals surface area contributed by atoms with Crippen molar-refractivity contribution in [2.75, 3.05) is 6.54 Å². The summed E-state index contributed by atoms with van der Waals surface area (Å²) in [6.45, 7) is 2.68. The van der Waals surface area contributed by atoms with Crippen LogP contribution in [0.15, 0.2) is 22.8 Å². The minimum absolute atomic E-state index is 0.663. The van der Waals surface area contributed by atoms with Crippen LogP contribution in [0.25, 0.3) is 10.7 Å². The van der Waals surface area contributed by atoms with Crippen LogP contribution < -0.4 is 5.73 Å². The van der Waals surface area contributed by atoms with Gasteiger partial charge in [-0.15, -0.1) is 11.3 Å². The van der Waals surface area contributed by atoms with E-state index in [1.54, 1.807) is 17.5 Å². The molecule has 0 saturated carbocycles. The van der Waals surface area contributed by atoms with Crippen molar-refractivity contribution in [3.05, 3.63) is 33.4 Å². The Bertz CT molecular complexity index is 478. The van der Waals surface area contributed by atoms with E-state index >= 15 is 0 Å². The Morgan fingerprint density at radius 1 is 1.44 bits per heavy atom. The predicted octanol–water partition coefficient (Wildman–Crippen LogP) is 2.78. The topological polar surface area (TPSA) is 51.8 Å². The molecule has 5 heteroatoms. The molecule has 0 aromatic carbocycles. The maximum absolute atomic E-state index is 5.55. The lowest BCUT2D eigenvalue weighted by Crippen LogP contribution is -2.01. The molecule has 3 nitrogen and oxygen atoms in total. The van der Waals surface area contributed by atoms with Crippen LogP contribution in [0.1, 0.15) is 10.6 Å². The lowest BCUT2D eigenvalue weighted by molar-refractivity contribution is 0.970. The first-order chi connectivity index (χ1) is 7.70. The summed E-state index contributed by atoms with van der Waals surface area (Å²) in [4.78, 5) is 10.1. The van der Waals surface area contributed by atoms with Crippen molar-refractivity contribution in [2.24, 2.45) is 5.73 Å². The maximum atomic E-state index is 5.55. The zero-order valence-corrected chi connectivity index (χ0v) is 11.3. The molecule has 0 bridgehead atoms. The molecule has 0 radical (unpaired) electrons. The number of rotatable bonds is 3. The van der Waals surface area contributed by atoms with Crippen LogP contribution in [0.2, 0.25) is 0 Å². The summed E-state index contributed by atoms with van der Waals surface area (Å²) >= 11 is 5.04. The monoisotopic (exact) mass is 297 g/mol. The fourth-order valence-corrected chi connectivity index (χ4v) is 2.69. The summed E-state index contributed by atoms with van der Waals surface area (Å²) in [7, 11) is 0. The Labute approximate surface area is 107 Å². The number of hydrogen-bond acceptors (Lipinski definition) is 4. The summed E-state index contributed by atoms with van der Waals surface area (Å²) in [5.41, 5.74) is 7.54. The molecule has 2 N–H and O–H groups in total. The number of hydrogen-bond donors (Lipinski definition) is 1. The number of nitrogens with zero attached hydrogens (tertiary/aromatic N) is 2. The van der Waals surface area contributed by atoms with E-state index in [0.717, 1.165) is 27.3 Å². The predicted molar refractivity (Wildman–Crippen MR) is 70.5 cm³/mol. The quantitative estimate of drug-likeness (QED) is 0.948. The van der Waals surface area contributed by atoms with E-state index in [4.69, 9.17) is 5.73 Å². The van der Waals surface area contributed by atoms with Crippen LogP contribution >= 0.6 is 27.3 Å². The molecule has 2 heterocycles. The van der Waals surface area contributed by atoms with Gasteiger partial charge in [0.2, 0.25) is 0 Å². The summed E-state index contributed by atoms with van der Waals surface area (Å²) in [6.07, 6.45) is 2.68. The van der Waals surface area contributed by atoms with E-state index in [1.807, 2.05) is 19.1 Å². The summed E-state index contributed by atoms with van der Waals surface area (Å²) in [5, 5.41) is 0.966. The maximum Gasteiger partial charge on any atom is 0.142 e. The standard InChI is InChI=1S/C11H12BrN3S/c1-7-10(4-5-13)16-11(15-7)9-3-2-8(12)6-14-9/h2-3,6H,4-5,13H2,1H3. The molecular weight excluding hydrogens is 286 g/mol. The molecule has 0 aliphatic carbocycles. The molecule has 0 unspecified atom stereocenters. The average Bonchev–Trinajstić information content (AvgIpc) is 2.62. The van der Waals surface area contributed by atoms with Crippen molar-refractivity contribution in [3.8, 4) is 10.7 Å². The smallest absolute Gasteiger partial charge is 0.142 e. The Hall–Kier alpha value is -0.780. The molecule has 2 aromatic heterocycles. The number of aromatic nitrogens is 2. The normalized spacial score (nSPS) is 10.7. The van der Waals surface area contributed by atoms with E-state index in [1.165, 1.54) is 4.88 Å². The number of halogens is 1. The highest BCUT2D eigenvalue weighted by molar-refractivity contribution is 9.10. The highest BCUT2D eigenvalue weighted by atomic mass is 79.9. The Morgan fingerprint density at radius 3 is 2.88 bits per heavy atom. The second-order valence-corrected chi connectivity index (χ2v) is 5.43. The van der Waals surface area contributed by atoms with E-state index in [2.05, 4.69) is 25.9 Å². The summed E-state index contributed by atoms with van der Waals surface area (Å²) in [6, 6.07) is 3.94. The van der Waals surface area contributed by atoms with E-state index in [0.29, 0.717) is 6.54 Å². The Morgan fingerprint density at radius 2 is 2.25 bits per heavy atom. The SMILES string of the molecule is Cc1nc(-c2ccc(Br)cn2)sc1CCN. The van der Waals surface area contributed by atoms with Crippen molar-refractivity contribution in [2.45, 2.75) is 13.3 Å². The molecule has 0 spiro atoms. The summed E-state index contributed by atoms with van der Waals surface area (Å²) < 4.78 is 0.978. The number of nitrogens with two attached hydrogens (primary N) is 1.